The molecule has 1 atom stereocenters. The number of nitriles is 1. The van der Waals surface area contributed by atoms with Gasteiger partial charge < -0.3 is 14.6 Å². The summed E-state index contributed by atoms with van der Waals surface area (Å²) in [6, 6.07) is 16.3. The predicted molar refractivity (Wildman–Crippen MR) is 124 cm³/mol. The number of ether oxygens (including phenoxy) is 1. The van der Waals surface area contributed by atoms with Crippen molar-refractivity contribution in [2.75, 3.05) is 19.4 Å². The monoisotopic (exact) mass is 441 g/mol. The number of rotatable bonds is 4. The largest absolute Gasteiger partial charge is 0.497 e. The molecule has 2 aromatic carbocycles. The lowest BCUT2D eigenvalue weighted by Gasteiger charge is -2.37. The summed E-state index contributed by atoms with van der Waals surface area (Å²) >= 11 is 13.6. The molecule has 4 rings (SSSR count). The molecule has 1 aliphatic rings. The van der Waals surface area contributed by atoms with Crippen LogP contribution >= 0.6 is 35.6 Å². The Hall–Kier alpha value is -2.20. The van der Waals surface area contributed by atoms with Crippen LogP contribution in [0.1, 0.15) is 29.3 Å². The first kappa shape index (κ1) is 20.1. The number of fused-ring (bicyclic) bond motifs is 3. The fourth-order valence-electron chi connectivity index (χ4n) is 3.86. The molecule has 1 aromatic heterocycles. The number of thiocarbonyl (C=S) groups is 1. The molecule has 148 valence electrons. The van der Waals surface area contributed by atoms with Gasteiger partial charge in [0.1, 0.15) is 10.1 Å². The fourth-order valence-corrected chi connectivity index (χ4v) is 5.21. The maximum absolute atomic E-state index is 8.85. The van der Waals surface area contributed by atoms with Crippen LogP contribution < -0.4 is 4.74 Å². The Bertz CT molecular complexity index is 1090. The average molecular weight is 442 g/mol. The van der Waals surface area contributed by atoms with Crippen LogP contribution in [0.3, 0.4) is 0 Å². The highest BCUT2D eigenvalue weighted by Crippen LogP contribution is 2.40. The van der Waals surface area contributed by atoms with Crippen molar-refractivity contribution in [1.82, 2.24) is 9.88 Å². The molecule has 1 N–H and O–H groups in total. The standard InChI is InChI=1S/C22H20ClN3OS2/c1-27-16-6-3-14(4-7-16)21-20-17(18-13-15(23)5-8-19(18)25-20)9-11-26(21)22(28)29-12-2-10-24/h3-8,13,21,25H,2,9,11-12H2,1H3. The van der Waals surface area contributed by atoms with Crippen LogP contribution in [-0.4, -0.2) is 33.6 Å². The molecule has 0 amide bonds. The van der Waals surface area contributed by atoms with Crippen molar-refractivity contribution in [2.24, 2.45) is 0 Å². The average Bonchev–Trinajstić information content (AvgIpc) is 3.11. The highest BCUT2D eigenvalue weighted by molar-refractivity contribution is 8.22. The van der Waals surface area contributed by atoms with E-state index in [0.29, 0.717) is 12.2 Å². The minimum absolute atomic E-state index is 0.0158. The summed E-state index contributed by atoms with van der Waals surface area (Å²) in [4.78, 5) is 5.88. The van der Waals surface area contributed by atoms with Crippen molar-refractivity contribution in [2.45, 2.75) is 18.9 Å². The first-order valence-electron chi connectivity index (χ1n) is 9.36. The minimum Gasteiger partial charge on any atom is -0.497 e. The van der Waals surface area contributed by atoms with Crippen molar-refractivity contribution >= 4 is 50.8 Å². The third-order valence-corrected chi connectivity index (χ3v) is 6.91. The van der Waals surface area contributed by atoms with E-state index in [1.165, 1.54) is 10.9 Å². The number of nitrogens with zero attached hydrogens (tertiary/aromatic N) is 2. The van der Waals surface area contributed by atoms with Crippen LogP contribution in [-0.2, 0) is 6.42 Å². The SMILES string of the molecule is COc1ccc(C2c3[nH]c4ccc(Cl)cc4c3CCN2C(=S)SCCC#N)cc1. The van der Waals surface area contributed by atoms with Gasteiger partial charge in [-0.1, -0.05) is 47.7 Å². The second kappa shape index (κ2) is 8.66. The highest BCUT2D eigenvalue weighted by atomic mass is 35.5. The van der Waals surface area contributed by atoms with Gasteiger partial charge in [0.05, 0.1) is 19.2 Å². The molecule has 0 saturated carbocycles. The zero-order chi connectivity index (χ0) is 20.4. The molecule has 0 aliphatic carbocycles. The smallest absolute Gasteiger partial charge is 0.137 e. The second-order valence-corrected chi connectivity index (χ2v) is 9.01. The van der Waals surface area contributed by atoms with Gasteiger partial charge >= 0.3 is 0 Å². The molecule has 2 heterocycles. The Morgan fingerprint density at radius 2 is 2.14 bits per heavy atom. The van der Waals surface area contributed by atoms with Gasteiger partial charge in [-0.3, -0.25) is 0 Å². The lowest BCUT2D eigenvalue weighted by Crippen LogP contribution is -2.38. The molecule has 0 radical (unpaired) electrons. The van der Waals surface area contributed by atoms with Crippen LogP contribution in [0.4, 0.5) is 0 Å². The third kappa shape index (κ3) is 3.95. The number of halogens is 1. The fraction of sp³-hybridized carbons (Fsp3) is 0.273. The minimum atomic E-state index is -0.0158. The number of benzene rings is 2. The van der Waals surface area contributed by atoms with Crippen LogP contribution in [0, 0.1) is 11.3 Å². The van der Waals surface area contributed by atoms with Crippen LogP contribution in [0.15, 0.2) is 42.5 Å². The molecule has 3 aromatic rings. The lowest BCUT2D eigenvalue weighted by molar-refractivity contribution is 0.345. The van der Waals surface area contributed by atoms with E-state index in [9.17, 15) is 0 Å². The van der Waals surface area contributed by atoms with Gasteiger partial charge in [-0.2, -0.15) is 5.26 Å². The Balaban J connectivity index is 1.78. The number of hydrogen-bond donors (Lipinski definition) is 1. The van der Waals surface area contributed by atoms with Gasteiger partial charge in [-0.05, 0) is 47.9 Å². The molecule has 0 spiro atoms. The first-order valence-corrected chi connectivity index (χ1v) is 11.1. The Morgan fingerprint density at radius 3 is 2.86 bits per heavy atom. The number of aromatic amines is 1. The molecule has 1 unspecified atom stereocenters. The van der Waals surface area contributed by atoms with E-state index in [0.717, 1.165) is 44.8 Å². The lowest BCUT2D eigenvalue weighted by atomic mass is 9.93. The second-order valence-electron chi connectivity index (χ2n) is 6.85. The van der Waals surface area contributed by atoms with Gasteiger partial charge in [-0.15, -0.1) is 0 Å². The Kier molecular flexibility index (Phi) is 6.00. The van der Waals surface area contributed by atoms with E-state index in [2.05, 4.69) is 28.1 Å². The molecule has 7 heteroatoms. The molecule has 0 fully saturated rings. The van der Waals surface area contributed by atoms with E-state index in [1.54, 1.807) is 18.9 Å². The molecule has 29 heavy (non-hydrogen) atoms. The van der Waals surface area contributed by atoms with Crippen LogP contribution in [0.2, 0.25) is 5.02 Å². The summed E-state index contributed by atoms with van der Waals surface area (Å²) in [5.41, 5.74) is 4.68. The summed E-state index contributed by atoms with van der Waals surface area (Å²) in [5.74, 6) is 1.53. The Morgan fingerprint density at radius 1 is 1.34 bits per heavy atom. The number of nitrogens with one attached hydrogen (secondary N) is 1. The summed E-state index contributed by atoms with van der Waals surface area (Å²) in [7, 11) is 1.67. The van der Waals surface area contributed by atoms with Gasteiger partial charge in [0.2, 0.25) is 0 Å². The normalized spacial score (nSPS) is 15.8. The van der Waals surface area contributed by atoms with Crippen molar-refractivity contribution in [3.05, 3.63) is 64.3 Å². The van der Waals surface area contributed by atoms with E-state index >= 15 is 0 Å². The number of thioether (sulfide) groups is 1. The number of hydrogen-bond acceptors (Lipinski definition) is 4. The van der Waals surface area contributed by atoms with Gasteiger partial charge in [0.15, 0.2) is 0 Å². The third-order valence-electron chi connectivity index (χ3n) is 5.19. The quantitative estimate of drug-likeness (QED) is 0.415. The number of aromatic nitrogens is 1. The summed E-state index contributed by atoms with van der Waals surface area (Å²) in [6.45, 7) is 0.821. The maximum Gasteiger partial charge on any atom is 0.137 e. The molecule has 0 saturated heterocycles. The topological polar surface area (TPSA) is 52.0 Å². The van der Waals surface area contributed by atoms with Crippen molar-refractivity contribution in [1.29, 1.82) is 5.26 Å². The van der Waals surface area contributed by atoms with E-state index < -0.39 is 0 Å². The van der Waals surface area contributed by atoms with Crippen molar-refractivity contribution in [3.8, 4) is 11.8 Å². The molecular weight excluding hydrogens is 422 g/mol. The highest BCUT2D eigenvalue weighted by Gasteiger charge is 2.33. The zero-order valence-corrected chi connectivity index (χ0v) is 18.3. The molecular formula is C22H20ClN3OS2. The van der Waals surface area contributed by atoms with Crippen molar-refractivity contribution in [3.63, 3.8) is 0 Å². The van der Waals surface area contributed by atoms with Gasteiger partial charge in [0.25, 0.3) is 0 Å². The number of methoxy groups -OCH3 is 1. The number of H-pyrrole nitrogens is 1. The molecule has 4 nitrogen and oxygen atoms in total. The Labute approximate surface area is 184 Å². The van der Waals surface area contributed by atoms with Crippen LogP contribution in [0.25, 0.3) is 10.9 Å². The summed E-state index contributed by atoms with van der Waals surface area (Å²) in [6.07, 6.45) is 1.38. The van der Waals surface area contributed by atoms with E-state index in [1.807, 2.05) is 30.3 Å². The van der Waals surface area contributed by atoms with E-state index in [-0.39, 0.29) is 6.04 Å². The molecule has 0 bridgehead atoms. The summed E-state index contributed by atoms with van der Waals surface area (Å²) < 4.78 is 6.15. The zero-order valence-electron chi connectivity index (χ0n) is 15.9. The van der Waals surface area contributed by atoms with Gasteiger partial charge in [0, 0.05) is 40.3 Å². The summed E-state index contributed by atoms with van der Waals surface area (Å²) in [5, 5.41) is 10.8. The van der Waals surface area contributed by atoms with Gasteiger partial charge in [-0.25, -0.2) is 0 Å². The van der Waals surface area contributed by atoms with Crippen molar-refractivity contribution < 1.29 is 4.74 Å². The van der Waals surface area contributed by atoms with E-state index in [4.69, 9.17) is 33.8 Å². The first-order chi connectivity index (χ1) is 14.1. The molecule has 1 aliphatic heterocycles. The van der Waals surface area contributed by atoms with Crippen LogP contribution in [0.5, 0.6) is 5.75 Å². The predicted octanol–water partition coefficient (Wildman–Crippen LogP) is 5.71. The maximum atomic E-state index is 8.85.